The number of hydrogen-bond donors (Lipinski definition) is 2. The first-order valence-corrected chi connectivity index (χ1v) is 5.74. The first-order chi connectivity index (χ1) is 8.19. The Labute approximate surface area is 100 Å². The molecule has 1 unspecified atom stereocenters. The molecule has 1 amide bonds. The van der Waals surface area contributed by atoms with E-state index in [1.54, 1.807) is 18.3 Å². The Morgan fingerprint density at radius 3 is 3.18 bits per heavy atom. The summed E-state index contributed by atoms with van der Waals surface area (Å²) >= 11 is 0. The fraction of sp³-hybridized carbons (Fsp3) is 0.500. The van der Waals surface area contributed by atoms with E-state index in [0.717, 1.165) is 19.5 Å². The summed E-state index contributed by atoms with van der Waals surface area (Å²) in [5, 5.41) is 11.9. The second kappa shape index (κ2) is 5.25. The second-order valence-electron chi connectivity index (χ2n) is 4.42. The van der Waals surface area contributed by atoms with Crippen molar-refractivity contribution in [2.45, 2.75) is 19.1 Å². The van der Waals surface area contributed by atoms with Crippen molar-refractivity contribution in [3.63, 3.8) is 0 Å². The van der Waals surface area contributed by atoms with Gasteiger partial charge in [-0.2, -0.15) is 0 Å². The largest absolute Gasteiger partial charge is 0.390 e. The van der Waals surface area contributed by atoms with Crippen molar-refractivity contribution in [1.29, 1.82) is 0 Å². The normalized spacial score (nSPS) is 20.5. The van der Waals surface area contributed by atoms with E-state index in [2.05, 4.69) is 15.2 Å². The number of likely N-dealkylation sites (tertiary alicyclic amines) is 1. The SMILES string of the molecule is CN1CCC(NC(=O)c2ccnc(CO)c2)C1. The van der Waals surface area contributed by atoms with Gasteiger partial charge in [0.05, 0.1) is 12.3 Å². The van der Waals surface area contributed by atoms with Crippen molar-refractivity contribution in [3.05, 3.63) is 29.6 Å². The highest BCUT2D eigenvalue weighted by Crippen LogP contribution is 2.08. The zero-order valence-corrected chi connectivity index (χ0v) is 9.89. The molecule has 0 saturated carbocycles. The van der Waals surface area contributed by atoms with Gasteiger partial charge < -0.3 is 15.3 Å². The van der Waals surface area contributed by atoms with E-state index in [0.29, 0.717) is 11.3 Å². The fourth-order valence-corrected chi connectivity index (χ4v) is 2.03. The van der Waals surface area contributed by atoms with Crippen LogP contribution < -0.4 is 5.32 Å². The van der Waals surface area contributed by atoms with Gasteiger partial charge in [0.1, 0.15) is 0 Å². The number of nitrogens with one attached hydrogen (secondary N) is 1. The topological polar surface area (TPSA) is 65.5 Å². The molecule has 0 radical (unpaired) electrons. The minimum absolute atomic E-state index is 0.0950. The molecule has 2 heterocycles. The highest BCUT2D eigenvalue weighted by molar-refractivity contribution is 5.94. The number of rotatable bonds is 3. The van der Waals surface area contributed by atoms with E-state index in [1.807, 2.05) is 7.05 Å². The highest BCUT2D eigenvalue weighted by Gasteiger charge is 2.21. The Morgan fingerprint density at radius 2 is 2.53 bits per heavy atom. The summed E-state index contributed by atoms with van der Waals surface area (Å²) in [5.74, 6) is -0.0950. The Bertz CT molecular complexity index is 408. The van der Waals surface area contributed by atoms with Crippen LogP contribution in [0.3, 0.4) is 0 Å². The van der Waals surface area contributed by atoms with Gasteiger partial charge in [0.25, 0.3) is 5.91 Å². The van der Waals surface area contributed by atoms with E-state index in [-0.39, 0.29) is 18.6 Å². The molecular formula is C12H17N3O2. The predicted octanol–water partition coefficient (Wildman–Crippen LogP) is 0.00780. The van der Waals surface area contributed by atoms with Crippen molar-refractivity contribution in [1.82, 2.24) is 15.2 Å². The molecule has 17 heavy (non-hydrogen) atoms. The number of pyridine rings is 1. The number of aliphatic hydroxyl groups excluding tert-OH is 1. The summed E-state index contributed by atoms with van der Waals surface area (Å²) < 4.78 is 0. The monoisotopic (exact) mass is 235 g/mol. The molecule has 2 N–H and O–H groups in total. The first kappa shape index (κ1) is 12.0. The molecule has 1 aliphatic rings. The summed E-state index contributed by atoms with van der Waals surface area (Å²) in [6.45, 7) is 1.76. The molecule has 1 atom stereocenters. The molecule has 5 heteroatoms. The van der Waals surface area contributed by atoms with Crippen molar-refractivity contribution >= 4 is 5.91 Å². The lowest BCUT2D eigenvalue weighted by Gasteiger charge is -2.13. The van der Waals surface area contributed by atoms with Crippen molar-refractivity contribution < 1.29 is 9.90 Å². The average molecular weight is 235 g/mol. The molecule has 0 aromatic carbocycles. The number of aromatic nitrogens is 1. The minimum Gasteiger partial charge on any atom is -0.390 e. The average Bonchev–Trinajstić information content (AvgIpc) is 2.75. The van der Waals surface area contributed by atoms with E-state index < -0.39 is 0 Å². The zero-order chi connectivity index (χ0) is 12.3. The van der Waals surface area contributed by atoms with Gasteiger partial charge >= 0.3 is 0 Å². The standard InChI is InChI=1S/C12H17N3O2/c1-15-5-3-10(7-15)14-12(17)9-2-4-13-11(6-9)8-16/h2,4,6,10,16H,3,5,7-8H2,1H3,(H,14,17). The molecule has 0 bridgehead atoms. The lowest BCUT2D eigenvalue weighted by molar-refractivity contribution is 0.0938. The smallest absolute Gasteiger partial charge is 0.251 e. The summed E-state index contributed by atoms with van der Waals surface area (Å²) in [6.07, 6.45) is 2.53. The van der Waals surface area contributed by atoms with Crippen molar-refractivity contribution in [2.24, 2.45) is 0 Å². The first-order valence-electron chi connectivity index (χ1n) is 5.74. The molecule has 1 saturated heterocycles. The van der Waals surface area contributed by atoms with Crippen LogP contribution in [0.15, 0.2) is 18.3 Å². The molecule has 1 aliphatic heterocycles. The predicted molar refractivity (Wildman–Crippen MR) is 63.5 cm³/mol. The van der Waals surface area contributed by atoms with Gasteiger partial charge in [-0.25, -0.2) is 0 Å². The number of nitrogens with zero attached hydrogens (tertiary/aromatic N) is 2. The van der Waals surface area contributed by atoms with Crippen LogP contribution in [-0.2, 0) is 6.61 Å². The van der Waals surface area contributed by atoms with Gasteiger partial charge in [-0.05, 0) is 32.1 Å². The lowest BCUT2D eigenvalue weighted by atomic mass is 10.2. The third-order valence-corrected chi connectivity index (χ3v) is 2.97. The van der Waals surface area contributed by atoms with E-state index in [4.69, 9.17) is 5.11 Å². The highest BCUT2D eigenvalue weighted by atomic mass is 16.3. The summed E-state index contributed by atoms with van der Waals surface area (Å²) in [6, 6.07) is 3.50. The van der Waals surface area contributed by atoms with Gasteiger partial charge in [0.2, 0.25) is 0 Å². The Hall–Kier alpha value is -1.46. The number of amides is 1. The maximum Gasteiger partial charge on any atom is 0.251 e. The molecule has 2 rings (SSSR count). The van der Waals surface area contributed by atoms with Crippen LogP contribution in [0.1, 0.15) is 22.5 Å². The molecular weight excluding hydrogens is 218 g/mol. The van der Waals surface area contributed by atoms with Gasteiger partial charge in [0.15, 0.2) is 0 Å². The van der Waals surface area contributed by atoms with Gasteiger partial charge in [-0.3, -0.25) is 9.78 Å². The molecule has 92 valence electrons. The van der Waals surface area contributed by atoms with Gasteiger partial charge in [0, 0.05) is 24.3 Å². The van der Waals surface area contributed by atoms with E-state index in [9.17, 15) is 4.79 Å². The van der Waals surface area contributed by atoms with Crippen LogP contribution in [0.5, 0.6) is 0 Å². The molecule has 1 fully saturated rings. The third-order valence-electron chi connectivity index (χ3n) is 2.97. The molecule has 1 aromatic rings. The fourth-order valence-electron chi connectivity index (χ4n) is 2.03. The quantitative estimate of drug-likeness (QED) is 0.774. The van der Waals surface area contributed by atoms with Crippen LogP contribution in [-0.4, -0.2) is 47.1 Å². The zero-order valence-electron chi connectivity index (χ0n) is 9.89. The number of carbonyl (C=O) groups is 1. The maximum atomic E-state index is 11.9. The molecule has 1 aromatic heterocycles. The van der Waals surface area contributed by atoms with Crippen LogP contribution in [0, 0.1) is 0 Å². The molecule has 0 spiro atoms. The molecule has 0 aliphatic carbocycles. The van der Waals surface area contributed by atoms with Crippen molar-refractivity contribution in [2.75, 3.05) is 20.1 Å². The Kier molecular flexibility index (Phi) is 3.71. The lowest BCUT2D eigenvalue weighted by Crippen LogP contribution is -2.36. The van der Waals surface area contributed by atoms with Gasteiger partial charge in [-0.1, -0.05) is 0 Å². The minimum atomic E-state index is -0.146. The van der Waals surface area contributed by atoms with Crippen LogP contribution in [0.25, 0.3) is 0 Å². The third kappa shape index (κ3) is 3.01. The second-order valence-corrected chi connectivity index (χ2v) is 4.42. The Balaban J connectivity index is 1.99. The van der Waals surface area contributed by atoms with Crippen LogP contribution >= 0.6 is 0 Å². The van der Waals surface area contributed by atoms with Crippen LogP contribution in [0.2, 0.25) is 0 Å². The molecule has 5 nitrogen and oxygen atoms in total. The van der Waals surface area contributed by atoms with E-state index in [1.165, 1.54) is 0 Å². The van der Waals surface area contributed by atoms with Crippen LogP contribution in [0.4, 0.5) is 0 Å². The maximum absolute atomic E-state index is 11.9. The number of aliphatic hydroxyl groups is 1. The number of carbonyl (C=O) groups excluding carboxylic acids is 1. The van der Waals surface area contributed by atoms with Crippen molar-refractivity contribution in [3.8, 4) is 0 Å². The van der Waals surface area contributed by atoms with Gasteiger partial charge in [-0.15, -0.1) is 0 Å². The number of hydrogen-bond acceptors (Lipinski definition) is 4. The number of likely N-dealkylation sites (N-methyl/N-ethyl adjacent to an activating group) is 1. The summed E-state index contributed by atoms with van der Waals surface area (Å²) in [5.41, 5.74) is 1.07. The van der Waals surface area contributed by atoms with E-state index >= 15 is 0 Å². The summed E-state index contributed by atoms with van der Waals surface area (Å²) in [7, 11) is 2.04. The summed E-state index contributed by atoms with van der Waals surface area (Å²) in [4.78, 5) is 18.1. The Morgan fingerprint density at radius 1 is 1.71 bits per heavy atom.